The quantitative estimate of drug-likeness (QED) is 0.797. The minimum Gasteiger partial charge on any atom is -0.377 e. The molecule has 2 atom stereocenters. The first-order valence-corrected chi connectivity index (χ1v) is 9.06. The summed E-state index contributed by atoms with van der Waals surface area (Å²) in [4.78, 5) is 11.3. The molecule has 114 valence electrons. The van der Waals surface area contributed by atoms with Crippen molar-refractivity contribution >= 4 is 33.0 Å². The number of anilines is 1. The third-order valence-electron chi connectivity index (χ3n) is 3.46. The number of halogens is 1. The average Bonchev–Trinajstić information content (AvgIpc) is 3.22. The van der Waals surface area contributed by atoms with E-state index in [0.717, 1.165) is 17.9 Å². The van der Waals surface area contributed by atoms with E-state index in [2.05, 4.69) is 26.2 Å². The van der Waals surface area contributed by atoms with Crippen LogP contribution in [0.1, 0.15) is 13.3 Å². The van der Waals surface area contributed by atoms with E-state index >= 15 is 0 Å². The van der Waals surface area contributed by atoms with Crippen LogP contribution in [0.15, 0.2) is 21.4 Å². The van der Waals surface area contributed by atoms with Gasteiger partial charge in [0.15, 0.2) is 5.82 Å². The predicted octanol–water partition coefficient (Wildman–Crippen LogP) is 2.37. The Labute approximate surface area is 129 Å². The molecule has 1 aromatic rings. The lowest BCUT2D eigenvalue weighted by Gasteiger charge is -2.34. The highest BCUT2D eigenvalue weighted by molar-refractivity contribution is 7.97. The third-order valence-corrected chi connectivity index (χ3v) is 5.47. The molecule has 0 unspecified atom stereocenters. The zero-order valence-electron chi connectivity index (χ0n) is 12.0. The summed E-state index contributed by atoms with van der Waals surface area (Å²) < 4.78 is 22.1. The SMILES string of the molecule is C[C@@H]1COCCN1c1cc(N=[S@](C)(=O)C2=CC2)nc(Cl)n1. The molecule has 0 N–H and O–H groups in total. The lowest BCUT2D eigenvalue weighted by molar-refractivity contribution is 0.0985. The van der Waals surface area contributed by atoms with Crippen LogP contribution < -0.4 is 4.90 Å². The second kappa shape index (κ2) is 5.55. The number of aromatic nitrogens is 2. The molecule has 1 saturated heterocycles. The third kappa shape index (κ3) is 3.36. The van der Waals surface area contributed by atoms with Crippen molar-refractivity contribution in [1.82, 2.24) is 9.97 Å². The Morgan fingerprint density at radius 1 is 1.52 bits per heavy atom. The molecule has 2 aliphatic rings. The normalized spacial score (nSPS) is 24.2. The molecular weight excluding hydrogens is 312 g/mol. The first kappa shape index (κ1) is 14.7. The van der Waals surface area contributed by atoms with Crippen molar-refractivity contribution < 1.29 is 8.95 Å². The summed E-state index contributed by atoms with van der Waals surface area (Å²) in [6.45, 7) is 4.09. The maximum atomic E-state index is 12.4. The molecule has 1 aliphatic carbocycles. The molecule has 0 bridgehead atoms. The molecule has 2 heterocycles. The van der Waals surface area contributed by atoms with Crippen LogP contribution >= 0.6 is 11.6 Å². The van der Waals surface area contributed by atoms with Crippen molar-refractivity contribution in [2.75, 3.05) is 30.9 Å². The van der Waals surface area contributed by atoms with Gasteiger partial charge < -0.3 is 9.64 Å². The topological polar surface area (TPSA) is 67.7 Å². The van der Waals surface area contributed by atoms with Crippen LogP contribution in [0.3, 0.4) is 0 Å². The summed E-state index contributed by atoms with van der Waals surface area (Å²) in [5.74, 6) is 1.06. The highest BCUT2D eigenvalue weighted by Crippen LogP contribution is 2.30. The van der Waals surface area contributed by atoms with Crippen LogP contribution in [0.2, 0.25) is 5.28 Å². The van der Waals surface area contributed by atoms with E-state index in [0.29, 0.717) is 24.8 Å². The van der Waals surface area contributed by atoms with Crippen LogP contribution in [0.4, 0.5) is 11.6 Å². The second-order valence-electron chi connectivity index (χ2n) is 5.24. The zero-order valence-corrected chi connectivity index (χ0v) is 13.5. The largest absolute Gasteiger partial charge is 0.377 e. The summed E-state index contributed by atoms with van der Waals surface area (Å²) in [6.07, 6.45) is 4.31. The van der Waals surface area contributed by atoms with E-state index < -0.39 is 9.73 Å². The van der Waals surface area contributed by atoms with Crippen LogP contribution in [0, 0.1) is 0 Å². The van der Waals surface area contributed by atoms with Crippen LogP contribution in [0.25, 0.3) is 0 Å². The number of ether oxygens (including phenoxy) is 1. The molecule has 1 aliphatic heterocycles. The lowest BCUT2D eigenvalue weighted by atomic mass is 10.2. The minimum absolute atomic E-state index is 0.116. The molecule has 3 rings (SSSR count). The van der Waals surface area contributed by atoms with E-state index in [1.54, 1.807) is 12.3 Å². The highest BCUT2D eigenvalue weighted by atomic mass is 35.5. The van der Waals surface area contributed by atoms with Crippen molar-refractivity contribution in [2.24, 2.45) is 4.36 Å². The number of allylic oxidation sites excluding steroid dienone is 2. The molecule has 0 radical (unpaired) electrons. The van der Waals surface area contributed by atoms with Gasteiger partial charge in [0.2, 0.25) is 5.28 Å². The summed E-state index contributed by atoms with van der Waals surface area (Å²) in [5.41, 5.74) is 0. The van der Waals surface area contributed by atoms with E-state index in [4.69, 9.17) is 16.3 Å². The standard InChI is InChI=1S/C13H17ClN4O2S/c1-9-8-20-6-5-18(9)12-7-11(15-13(14)16-12)17-21(2,19)10-3-4-10/h3,7,9H,4-6,8H2,1-2H3/t9-,21-/m1/s1. The molecule has 1 fully saturated rings. The molecule has 0 spiro atoms. The molecule has 0 aromatic carbocycles. The van der Waals surface area contributed by atoms with Gasteiger partial charge in [-0.05, 0) is 18.5 Å². The average molecular weight is 329 g/mol. The van der Waals surface area contributed by atoms with E-state index in [-0.39, 0.29) is 11.3 Å². The van der Waals surface area contributed by atoms with Gasteiger partial charge in [-0.25, -0.2) is 9.19 Å². The molecule has 0 amide bonds. The van der Waals surface area contributed by atoms with E-state index in [9.17, 15) is 4.21 Å². The van der Waals surface area contributed by atoms with Crippen molar-refractivity contribution in [1.29, 1.82) is 0 Å². The van der Waals surface area contributed by atoms with Crippen molar-refractivity contribution in [3.63, 3.8) is 0 Å². The van der Waals surface area contributed by atoms with Gasteiger partial charge in [-0.3, -0.25) is 0 Å². The molecule has 6 nitrogen and oxygen atoms in total. The highest BCUT2D eigenvalue weighted by Gasteiger charge is 2.22. The fourth-order valence-electron chi connectivity index (χ4n) is 2.24. The predicted molar refractivity (Wildman–Crippen MR) is 83.5 cm³/mol. The second-order valence-corrected chi connectivity index (χ2v) is 7.89. The van der Waals surface area contributed by atoms with Gasteiger partial charge in [0, 0.05) is 30.2 Å². The number of hydrogen-bond acceptors (Lipinski definition) is 6. The Bertz CT molecular complexity index is 712. The molecule has 21 heavy (non-hydrogen) atoms. The molecule has 0 saturated carbocycles. The van der Waals surface area contributed by atoms with Crippen LogP contribution in [0.5, 0.6) is 0 Å². The Balaban J connectivity index is 1.96. The Morgan fingerprint density at radius 2 is 2.29 bits per heavy atom. The summed E-state index contributed by atoms with van der Waals surface area (Å²) >= 11 is 5.99. The van der Waals surface area contributed by atoms with Crippen LogP contribution in [-0.2, 0) is 14.5 Å². The van der Waals surface area contributed by atoms with E-state index in [1.165, 1.54) is 0 Å². The first-order chi connectivity index (χ1) is 9.95. The van der Waals surface area contributed by atoms with Crippen LogP contribution in [-0.4, -0.2) is 46.2 Å². The maximum absolute atomic E-state index is 12.4. The smallest absolute Gasteiger partial charge is 0.226 e. The van der Waals surface area contributed by atoms with Crippen molar-refractivity contribution in [2.45, 2.75) is 19.4 Å². The summed E-state index contributed by atoms with van der Waals surface area (Å²) in [7, 11) is -2.37. The van der Waals surface area contributed by atoms with Gasteiger partial charge in [0.05, 0.1) is 29.0 Å². The van der Waals surface area contributed by atoms with Crippen molar-refractivity contribution in [3.05, 3.63) is 22.3 Å². The lowest BCUT2D eigenvalue weighted by Crippen LogP contribution is -2.44. The number of nitrogens with zero attached hydrogens (tertiary/aromatic N) is 4. The number of rotatable bonds is 3. The van der Waals surface area contributed by atoms with Gasteiger partial charge in [0.25, 0.3) is 0 Å². The zero-order chi connectivity index (χ0) is 15.0. The van der Waals surface area contributed by atoms with Gasteiger partial charge in [-0.2, -0.15) is 9.35 Å². The molecule has 8 heteroatoms. The number of morpholine rings is 1. The van der Waals surface area contributed by atoms with Gasteiger partial charge in [-0.1, -0.05) is 6.08 Å². The fraction of sp³-hybridized carbons (Fsp3) is 0.538. The fourth-order valence-corrected chi connectivity index (χ4v) is 3.69. The Hall–Kier alpha value is -1.18. The van der Waals surface area contributed by atoms with E-state index in [1.807, 2.05) is 6.08 Å². The maximum Gasteiger partial charge on any atom is 0.226 e. The Morgan fingerprint density at radius 3 is 2.95 bits per heavy atom. The monoisotopic (exact) mass is 328 g/mol. The first-order valence-electron chi connectivity index (χ1n) is 6.76. The van der Waals surface area contributed by atoms with Gasteiger partial charge >= 0.3 is 0 Å². The minimum atomic E-state index is -2.37. The number of hydrogen-bond donors (Lipinski definition) is 0. The van der Waals surface area contributed by atoms with Gasteiger partial charge in [0.1, 0.15) is 5.82 Å². The van der Waals surface area contributed by atoms with Gasteiger partial charge in [-0.15, -0.1) is 0 Å². The summed E-state index contributed by atoms with van der Waals surface area (Å²) in [5, 5.41) is 0.116. The Kier molecular flexibility index (Phi) is 3.90. The summed E-state index contributed by atoms with van der Waals surface area (Å²) in [6, 6.07) is 1.94. The molecular formula is C13H17ClN4O2S. The molecule has 1 aromatic heterocycles. The van der Waals surface area contributed by atoms with Crippen molar-refractivity contribution in [3.8, 4) is 0 Å².